The molecule has 0 saturated heterocycles. The molecule has 0 fully saturated rings. The van der Waals surface area contributed by atoms with Crippen LogP contribution in [0.25, 0.3) is 0 Å². The number of amides is 2. The Kier molecular flexibility index (Phi) is 7.92. The third-order valence-corrected chi connectivity index (χ3v) is 4.54. The maximum atomic E-state index is 12.0. The number of carbonyl (C=O) groups excluding carboxylic acids is 2. The van der Waals surface area contributed by atoms with Gasteiger partial charge in [0, 0.05) is 11.5 Å². The van der Waals surface area contributed by atoms with Crippen molar-refractivity contribution in [1.82, 2.24) is 5.32 Å². The second kappa shape index (κ2) is 9.42. The largest absolute Gasteiger partial charge is 0.453 e. The van der Waals surface area contributed by atoms with E-state index in [1.165, 1.54) is 18.2 Å². The van der Waals surface area contributed by atoms with Crippen molar-refractivity contribution in [3.05, 3.63) is 35.4 Å². The number of methoxy groups -OCH3 is 1. The number of nitrogens with two attached hydrogens (primary N) is 1. The zero-order valence-electron chi connectivity index (χ0n) is 15.6. The fraction of sp³-hybridized carbons (Fsp3) is 0.579. The quantitative estimate of drug-likeness (QED) is 0.805. The Morgan fingerprint density at radius 2 is 1.62 bits per heavy atom. The lowest BCUT2D eigenvalue weighted by atomic mass is 9.91. The highest BCUT2D eigenvalue weighted by atomic mass is 16.5. The first-order valence-corrected chi connectivity index (χ1v) is 8.63. The van der Waals surface area contributed by atoms with E-state index in [2.05, 4.69) is 62.0 Å². The summed E-state index contributed by atoms with van der Waals surface area (Å²) < 4.78 is 4.47. The van der Waals surface area contributed by atoms with Gasteiger partial charge in [-0.15, -0.1) is 0 Å². The average Bonchev–Trinajstić information content (AvgIpc) is 2.58. The number of carbonyl (C=O) groups is 2. The standard InChI is InChI=1S/C19H30N2O3/c1-7-13(4)15-8-10-16(11-9-15)17(12(2)3)20-14(5)18(22)21-19(23)24-6/h8-14,17,20H,7H2,1-6H3,(H,21,22,23)/p+1/t13-,14+,17+/m1/s1. The maximum absolute atomic E-state index is 12.0. The Labute approximate surface area is 145 Å². The summed E-state index contributed by atoms with van der Waals surface area (Å²) >= 11 is 0. The molecular formula is C19H31N2O3+. The fourth-order valence-corrected chi connectivity index (χ4v) is 2.66. The molecule has 0 saturated carbocycles. The molecule has 0 heterocycles. The molecule has 0 radical (unpaired) electrons. The number of benzene rings is 1. The number of nitrogens with one attached hydrogen (secondary N) is 1. The molecule has 0 aliphatic heterocycles. The number of alkyl carbamates (subject to hydrolysis) is 1. The molecule has 0 aromatic heterocycles. The normalized spacial score (nSPS) is 14.8. The van der Waals surface area contributed by atoms with Crippen LogP contribution < -0.4 is 10.6 Å². The van der Waals surface area contributed by atoms with Crippen LogP contribution in [0, 0.1) is 5.92 Å². The highest BCUT2D eigenvalue weighted by molar-refractivity contribution is 5.93. The van der Waals surface area contributed by atoms with Gasteiger partial charge in [-0.05, 0) is 24.8 Å². The van der Waals surface area contributed by atoms with E-state index in [4.69, 9.17) is 0 Å². The topological polar surface area (TPSA) is 72.0 Å². The second-order valence-electron chi connectivity index (χ2n) is 6.71. The summed E-state index contributed by atoms with van der Waals surface area (Å²) in [4.78, 5) is 23.2. The number of ether oxygens (including phenoxy) is 1. The second-order valence-corrected chi connectivity index (χ2v) is 6.71. The zero-order chi connectivity index (χ0) is 18.3. The van der Waals surface area contributed by atoms with E-state index in [0.717, 1.165) is 6.42 Å². The number of hydrogen-bond acceptors (Lipinski definition) is 3. The van der Waals surface area contributed by atoms with Crippen molar-refractivity contribution in [3.8, 4) is 0 Å². The van der Waals surface area contributed by atoms with Crippen molar-refractivity contribution in [2.45, 2.75) is 59.0 Å². The predicted octanol–water partition coefficient (Wildman–Crippen LogP) is 2.73. The number of hydrogen-bond donors (Lipinski definition) is 2. The SMILES string of the molecule is CC[C@@H](C)c1ccc([C@@H]([NH2+][C@@H](C)C(=O)NC(=O)OC)C(C)C)cc1. The highest BCUT2D eigenvalue weighted by Gasteiger charge is 2.27. The van der Waals surface area contributed by atoms with E-state index < -0.39 is 6.09 Å². The number of rotatable bonds is 7. The number of imide groups is 1. The summed E-state index contributed by atoms with van der Waals surface area (Å²) in [6.45, 7) is 10.5. The first-order chi connectivity index (χ1) is 11.3. The molecule has 1 aromatic carbocycles. The summed E-state index contributed by atoms with van der Waals surface area (Å²) in [6.07, 6.45) is 0.392. The Bertz CT molecular complexity index is 540. The minimum atomic E-state index is -0.723. The lowest BCUT2D eigenvalue weighted by Crippen LogP contribution is -2.93. The molecule has 0 aliphatic rings. The van der Waals surface area contributed by atoms with E-state index in [-0.39, 0.29) is 18.0 Å². The monoisotopic (exact) mass is 335 g/mol. The van der Waals surface area contributed by atoms with E-state index in [0.29, 0.717) is 11.8 Å². The molecule has 24 heavy (non-hydrogen) atoms. The van der Waals surface area contributed by atoms with E-state index in [1.807, 2.05) is 5.32 Å². The van der Waals surface area contributed by atoms with E-state index >= 15 is 0 Å². The van der Waals surface area contributed by atoms with Gasteiger partial charge in [0.1, 0.15) is 6.04 Å². The van der Waals surface area contributed by atoms with Gasteiger partial charge in [0.2, 0.25) is 0 Å². The first-order valence-electron chi connectivity index (χ1n) is 8.63. The Morgan fingerprint density at radius 3 is 2.08 bits per heavy atom. The van der Waals surface area contributed by atoms with Gasteiger partial charge in [-0.25, -0.2) is 4.79 Å². The highest BCUT2D eigenvalue weighted by Crippen LogP contribution is 2.23. The van der Waals surface area contributed by atoms with Crippen LogP contribution in [0.3, 0.4) is 0 Å². The lowest BCUT2D eigenvalue weighted by molar-refractivity contribution is -0.719. The van der Waals surface area contributed by atoms with Crippen LogP contribution >= 0.6 is 0 Å². The van der Waals surface area contributed by atoms with Crippen molar-refractivity contribution in [1.29, 1.82) is 0 Å². The summed E-state index contributed by atoms with van der Waals surface area (Å²) in [6, 6.07) is 8.40. The van der Waals surface area contributed by atoms with Gasteiger partial charge >= 0.3 is 6.09 Å². The molecule has 2 amide bonds. The first kappa shape index (κ1) is 20.2. The smallest absolute Gasteiger partial charge is 0.413 e. The van der Waals surface area contributed by atoms with Crippen molar-refractivity contribution in [2.75, 3.05) is 7.11 Å². The van der Waals surface area contributed by atoms with Gasteiger partial charge in [-0.2, -0.15) is 0 Å². The van der Waals surface area contributed by atoms with Crippen molar-refractivity contribution in [3.63, 3.8) is 0 Å². The molecule has 5 heteroatoms. The van der Waals surface area contributed by atoms with Crippen LogP contribution in [0.5, 0.6) is 0 Å². The Hall–Kier alpha value is -1.88. The van der Waals surface area contributed by atoms with Crippen LogP contribution in [-0.2, 0) is 9.53 Å². The maximum Gasteiger partial charge on any atom is 0.413 e. The van der Waals surface area contributed by atoms with Gasteiger partial charge < -0.3 is 10.1 Å². The number of quaternary nitrogens is 1. The van der Waals surface area contributed by atoms with E-state index in [9.17, 15) is 9.59 Å². The van der Waals surface area contributed by atoms with Crippen LogP contribution in [-0.4, -0.2) is 25.2 Å². The van der Waals surface area contributed by atoms with Gasteiger partial charge in [-0.3, -0.25) is 10.1 Å². The molecule has 1 rings (SSSR count). The molecule has 3 N–H and O–H groups in total. The molecular weight excluding hydrogens is 304 g/mol. The summed E-state index contributed by atoms with van der Waals surface area (Å²) in [5, 5.41) is 4.23. The van der Waals surface area contributed by atoms with Crippen LogP contribution in [0.4, 0.5) is 4.79 Å². The average molecular weight is 335 g/mol. The summed E-state index contributed by atoms with van der Waals surface area (Å²) in [7, 11) is 1.24. The van der Waals surface area contributed by atoms with Gasteiger partial charge in [-0.1, -0.05) is 52.0 Å². The van der Waals surface area contributed by atoms with Crippen molar-refractivity contribution in [2.24, 2.45) is 5.92 Å². The van der Waals surface area contributed by atoms with Crippen LogP contribution in [0.15, 0.2) is 24.3 Å². The molecule has 0 unspecified atom stereocenters. The zero-order valence-corrected chi connectivity index (χ0v) is 15.6. The third-order valence-electron chi connectivity index (χ3n) is 4.54. The fourth-order valence-electron chi connectivity index (χ4n) is 2.66. The lowest BCUT2D eigenvalue weighted by Gasteiger charge is -2.23. The minimum Gasteiger partial charge on any atom is -0.453 e. The Morgan fingerprint density at radius 1 is 1.08 bits per heavy atom. The Balaban J connectivity index is 2.83. The summed E-state index contributed by atoms with van der Waals surface area (Å²) in [5.41, 5.74) is 2.52. The van der Waals surface area contributed by atoms with Crippen LogP contribution in [0.2, 0.25) is 0 Å². The van der Waals surface area contributed by atoms with Crippen molar-refractivity contribution >= 4 is 12.0 Å². The molecule has 134 valence electrons. The molecule has 0 bridgehead atoms. The minimum absolute atomic E-state index is 0.148. The molecule has 3 atom stereocenters. The van der Waals surface area contributed by atoms with Gasteiger partial charge in [0.25, 0.3) is 5.91 Å². The van der Waals surface area contributed by atoms with Crippen molar-refractivity contribution < 1.29 is 19.6 Å². The predicted molar refractivity (Wildman–Crippen MR) is 94.7 cm³/mol. The summed E-state index contributed by atoms with van der Waals surface area (Å²) in [5.74, 6) is 0.557. The molecule has 1 aromatic rings. The van der Waals surface area contributed by atoms with Gasteiger partial charge in [0.05, 0.1) is 7.11 Å². The van der Waals surface area contributed by atoms with Gasteiger partial charge in [0.15, 0.2) is 6.04 Å². The molecule has 0 aliphatic carbocycles. The van der Waals surface area contributed by atoms with Crippen LogP contribution in [0.1, 0.15) is 64.1 Å². The third kappa shape index (κ3) is 5.64. The molecule has 0 spiro atoms. The molecule has 5 nitrogen and oxygen atoms in total. The van der Waals surface area contributed by atoms with E-state index in [1.54, 1.807) is 6.92 Å².